The number of nitrogens with one attached hydrogen (secondary N) is 2. The van der Waals surface area contributed by atoms with Crippen LogP contribution in [-0.4, -0.2) is 17.9 Å². The molecule has 0 radical (unpaired) electrons. The SMILES string of the molecule is CNC(=O)c1ccc(CNc2c(C#N)cnc3c(C)cc(F)cc23)cc1. The Bertz CT molecular complexity index is 1020. The first-order valence-corrected chi connectivity index (χ1v) is 8.07. The molecule has 3 rings (SSSR count). The second-order valence-corrected chi connectivity index (χ2v) is 5.91. The summed E-state index contributed by atoms with van der Waals surface area (Å²) in [4.78, 5) is 15.9. The minimum Gasteiger partial charge on any atom is -0.379 e. The molecule has 0 bridgehead atoms. The number of rotatable bonds is 4. The zero-order chi connectivity index (χ0) is 18.7. The number of carbonyl (C=O) groups is 1. The third kappa shape index (κ3) is 3.33. The van der Waals surface area contributed by atoms with Crippen LogP contribution in [0.25, 0.3) is 10.9 Å². The number of hydrogen-bond donors (Lipinski definition) is 2. The number of nitriles is 1. The summed E-state index contributed by atoms with van der Waals surface area (Å²) in [7, 11) is 1.58. The molecule has 0 atom stereocenters. The topological polar surface area (TPSA) is 77.8 Å². The van der Waals surface area contributed by atoms with Crippen molar-refractivity contribution in [1.29, 1.82) is 5.26 Å². The van der Waals surface area contributed by atoms with Crippen LogP contribution >= 0.6 is 0 Å². The molecule has 26 heavy (non-hydrogen) atoms. The van der Waals surface area contributed by atoms with Gasteiger partial charge in [0.25, 0.3) is 5.91 Å². The molecule has 6 heteroatoms. The van der Waals surface area contributed by atoms with Crippen LogP contribution in [0.3, 0.4) is 0 Å². The van der Waals surface area contributed by atoms with Gasteiger partial charge in [0.2, 0.25) is 0 Å². The molecule has 0 aliphatic heterocycles. The van der Waals surface area contributed by atoms with Crippen LogP contribution in [0.5, 0.6) is 0 Å². The van der Waals surface area contributed by atoms with E-state index in [9.17, 15) is 14.4 Å². The van der Waals surface area contributed by atoms with Gasteiger partial charge in [0.15, 0.2) is 0 Å². The van der Waals surface area contributed by atoms with Crippen molar-refractivity contribution in [3.05, 3.63) is 70.7 Å². The van der Waals surface area contributed by atoms with Crippen molar-refractivity contribution < 1.29 is 9.18 Å². The molecule has 2 aromatic carbocycles. The molecule has 0 saturated heterocycles. The van der Waals surface area contributed by atoms with Gasteiger partial charge in [-0.2, -0.15) is 5.26 Å². The number of anilines is 1. The number of aromatic nitrogens is 1. The second kappa shape index (κ2) is 7.19. The number of benzene rings is 2. The maximum absolute atomic E-state index is 13.9. The monoisotopic (exact) mass is 348 g/mol. The lowest BCUT2D eigenvalue weighted by Crippen LogP contribution is -2.17. The second-order valence-electron chi connectivity index (χ2n) is 5.91. The zero-order valence-corrected chi connectivity index (χ0v) is 14.4. The van der Waals surface area contributed by atoms with Crippen molar-refractivity contribution in [3.63, 3.8) is 0 Å². The predicted octanol–water partition coefficient (Wildman–Crippen LogP) is 3.53. The van der Waals surface area contributed by atoms with E-state index < -0.39 is 0 Å². The molecule has 1 aromatic heterocycles. The third-order valence-electron chi connectivity index (χ3n) is 4.16. The van der Waals surface area contributed by atoms with E-state index in [1.807, 2.05) is 12.1 Å². The molecule has 5 nitrogen and oxygen atoms in total. The first-order chi connectivity index (χ1) is 12.5. The maximum atomic E-state index is 13.9. The lowest BCUT2D eigenvalue weighted by Gasteiger charge is -2.13. The molecule has 130 valence electrons. The Kier molecular flexibility index (Phi) is 4.81. The highest BCUT2D eigenvalue weighted by Crippen LogP contribution is 2.29. The summed E-state index contributed by atoms with van der Waals surface area (Å²) in [6.45, 7) is 2.21. The fourth-order valence-electron chi connectivity index (χ4n) is 2.82. The standard InChI is InChI=1S/C20H17FN4O/c1-12-7-16(21)8-17-18(12)25-11-15(9-22)19(17)24-10-13-3-5-14(6-4-13)20(26)23-2/h3-8,11H,10H2,1-2H3,(H,23,26)(H,24,25). The highest BCUT2D eigenvalue weighted by Gasteiger charge is 2.12. The number of pyridine rings is 1. The summed E-state index contributed by atoms with van der Waals surface area (Å²) < 4.78 is 13.9. The van der Waals surface area contributed by atoms with Crippen molar-refractivity contribution in [3.8, 4) is 6.07 Å². The van der Waals surface area contributed by atoms with E-state index in [-0.39, 0.29) is 11.7 Å². The lowest BCUT2D eigenvalue weighted by molar-refractivity contribution is 0.0963. The lowest BCUT2D eigenvalue weighted by atomic mass is 10.1. The van der Waals surface area contributed by atoms with Crippen LogP contribution in [-0.2, 0) is 6.54 Å². The van der Waals surface area contributed by atoms with Gasteiger partial charge in [-0.1, -0.05) is 12.1 Å². The van der Waals surface area contributed by atoms with Crippen LogP contribution < -0.4 is 10.6 Å². The molecular weight excluding hydrogens is 331 g/mol. The Morgan fingerprint density at radius 2 is 2.00 bits per heavy atom. The number of amides is 1. The molecule has 0 aliphatic carbocycles. The van der Waals surface area contributed by atoms with E-state index in [4.69, 9.17) is 0 Å². The first-order valence-electron chi connectivity index (χ1n) is 8.07. The van der Waals surface area contributed by atoms with Crippen molar-refractivity contribution in [2.24, 2.45) is 0 Å². The normalized spacial score (nSPS) is 10.4. The summed E-state index contributed by atoms with van der Waals surface area (Å²) in [5, 5.41) is 15.7. The van der Waals surface area contributed by atoms with E-state index in [1.54, 1.807) is 26.1 Å². The van der Waals surface area contributed by atoms with E-state index in [2.05, 4.69) is 21.7 Å². The molecule has 0 fully saturated rings. The van der Waals surface area contributed by atoms with E-state index in [0.717, 1.165) is 5.56 Å². The Morgan fingerprint density at radius 1 is 1.27 bits per heavy atom. The summed E-state index contributed by atoms with van der Waals surface area (Å²) in [5.74, 6) is -0.521. The van der Waals surface area contributed by atoms with Crippen LogP contribution in [0.15, 0.2) is 42.6 Å². The smallest absolute Gasteiger partial charge is 0.251 e. The van der Waals surface area contributed by atoms with Gasteiger partial charge in [0.05, 0.1) is 16.8 Å². The summed E-state index contributed by atoms with van der Waals surface area (Å²) in [5.41, 5.74) is 3.77. The van der Waals surface area contributed by atoms with E-state index >= 15 is 0 Å². The molecule has 0 unspecified atom stereocenters. The van der Waals surface area contributed by atoms with Gasteiger partial charge in [-0.3, -0.25) is 9.78 Å². The number of fused-ring (bicyclic) bond motifs is 1. The van der Waals surface area contributed by atoms with Gasteiger partial charge >= 0.3 is 0 Å². The minimum absolute atomic E-state index is 0.151. The average molecular weight is 348 g/mol. The van der Waals surface area contributed by atoms with Crippen LogP contribution in [0.2, 0.25) is 0 Å². The number of halogens is 1. The van der Waals surface area contributed by atoms with Gasteiger partial charge in [0.1, 0.15) is 11.9 Å². The zero-order valence-electron chi connectivity index (χ0n) is 14.4. The molecular formula is C20H17FN4O. The maximum Gasteiger partial charge on any atom is 0.251 e. The van der Waals surface area contributed by atoms with Crippen LogP contribution in [0, 0.1) is 24.1 Å². The Morgan fingerprint density at radius 3 is 2.65 bits per heavy atom. The summed E-state index contributed by atoms with van der Waals surface area (Å²) in [6.07, 6.45) is 1.49. The quantitative estimate of drug-likeness (QED) is 0.756. The van der Waals surface area contributed by atoms with Crippen LogP contribution in [0.1, 0.15) is 27.0 Å². The Balaban J connectivity index is 1.93. The number of hydrogen-bond acceptors (Lipinski definition) is 4. The fourth-order valence-corrected chi connectivity index (χ4v) is 2.82. The average Bonchev–Trinajstić information content (AvgIpc) is 2.65. The molecule has 0 saturated carbocycles. The van der Waals surface area contributed by atoms with Crippen molar-refractivity contribution in [1.82, 2.24) is 10.3 Å². The van der Waals surface area contributed by atoms with E-state index in [0.29, 0.717) is 39.8 Å². The Labute approximate surface area is 150 Å². The number of aryl methyl sites for hydroxylation is 1. The highest BCUT2D eigenvalue weighted by atomic mass is 19.1. The van der Waals surface area contributed by atoms with Crippen molar-refractivity contribution in [2.45, 2.75) is 13.5 Å². The van der Waals surface area contributed by atoms with Gasteiger partial charge in [0, 0.05) is 30.7 Å². The third-order valence-corrected chi connectivity index (χ3v) is 4.16. The predicted molar refractivity (Wildman–Crippen MR) is 98.3 cm³/mol. The summed E-state index contributed by atoms with van der Waals surface area (Å²) >= 11 is 0. The van der Waals surface area contributed by atoms with Gasteiger partial charge in [-0.15, -0.1) is 0 Å². The molecule has 1 amide bonds. The number of carbonyl (C=O) groups excluding carboxylic acids is 1. The molecule has 0 aliphatic rings. The van der Waals surface area contributed by atoms with Gasteiger partial charge < -0.3 is 10.6 Å². The van der Waals surface area contributed by atoms with Gasteiger partial charge in [-0.25, -0.2) is 4.39 Å². The van der Waals surface area contributed by atoms with Crippen molar-refractivity contribution >= 4 is 22.5 Å². The molecule has 3 aromatic rings. The van der Waals surface area contributed by atoms with Crippen LogP contribution in [0.4, 0.5) is 10.1 Å². The fraction of sp³-hybridized carbons (Fsp3) is 0.150. The number of nitrogens with zero attached hydrogens (tertiary/aromatic N) is 2. The molecule has 2 N–H and O–H groups in total. The first kappa shape index (κ1) is 17.4. The Hall–Kier alpha value is -3.46. The highest BCUT2D eigenvalue weighted by molar-refractivity contribution is 5.96. The van der Waals surface area contributed by atoms with Crippen molar-refractivity contribution in [2.75, 3.05) is 12.4 Å². The largest absolute Gasteiger partial charge is 0.379 e. The summed E-state index contributed by atoms with van der Waals surface area (Å²) in [6, 6.07) is 12.0. The minimum atomic E-state index is -0.370. The van der Waals surface area contributed by atoms with Gasteiger partial charge in [-0.05, 0) is 42.3 Å². The van der Waals surface area contributed by atoms with E-state index in [1.165, 1.54) is 18.3 Å². The molecule has 1 heterocycles. The molecule has 0 spiro atoms.